The molecule has 9 nitrogen and oxygen atoms in total. The van der Waals surface area contributed by atoms with Crippen molar-refractivity contribution in [2.45, 2.75) is 31.9 Å². The van der Waals surface area contributed by atoms with Gasteiger partial charge in [-0.15, -0.1) is 0 Å². The maximum absolute atomic E-state index is 13.8. The van der Waals surface area contributed by atoms with E-state index in [4.69, 9.17) is 14.1 Å². The highest BCUT2D eigenvalue weighted by Crippen LogP contribution is 2.38. The van der Waals surface area contributed by atoms with E-state index in [9.17, 15) is 13.2 Å². The van der Waals surface area contributed by atoms with E-state index < -0.39 is 15.9 Å². The molecule has 0 aliphatic rings. The van der Waals surface area contributed by atoms with Crippen LogP contribution in [-0.2, 0) is 10.0 Å². The van der Waals surface area contributed by atoms with Crippen LogP contribution in [0.2, 0.25) is 0 Å². The van der Waals surface area contributed by atoms with Crippen LogP contribution in [-0.4, -0.2) is 29.5 Å². The van der Waals surface area contributed by atoms with Gasteiger partial charge in [0.25, 0.3) is 15.9 Å². The third kappa shape index (κ3) is 4.82. The van der Waals surface area contributed by atoms with E-state index >= 15 is 0 Å². The number of benzene rings is 3. The highest BCUT2D eigenvalue weighted by Gasteiger charge is 2.26. The van der Waals surface area contributed by atoms with Crippen LogP contribution >= 0.6 is 0 Å². The Morgan fingerprint density at radius 3 is 2.49 bits per heavy atom. The second-order valence-electron chi connectivity index (χ2n) is 9.74. The number of aromatic amines is 1. The fraction of sp³-hybridized carbons (Fsp3) is 0.129. The second kappa shape index (κ2) is 10.2. The summed E-state index contributed by atoms with van der Waals surface area (Å²) in [6.45, 7) is 5.70. The monoisotopic (exact) mass is 566 g/mol. The summed E-state index contributed by atoms with van der Waals surface area (Å²) >= 11 is 0. The number of nitrogens with zero attached hydrogens (tertiary/aromatic N) is 2. The summed E-state index contributed by atoms with van der Waals surface area (Å²) in [6, 6.07) is 23.7. The Morgan fingerprint density at radius 2 is 1.76 bits per heavy atom. The molecular weight excluding hydrogens is 540 g/mol. The van der Waals surface area contributed by atoms with E-state index in [0.717, 1.165) is 22.1 Å². The van der Waals surface area contributed by atoms with E-state index in [1.54, 1.807) is 12.1 Å². The fourth-order valence-corrected chi connectivity index (χ4v) is 5.74. The number of sulfonamides is 1. The lowest BCUT2D eigenvalue weighted by Gasteiger charge is -2.19. The molecule has 1 atom stereocenters. The Morgan fingerprint density at radius 1 is 1.00 bits per heavy atom. The number of ether oxygens (including phenoxy) is 1. The van der Waals surface area contributed by atoms with E-state index in [2.05, 4.69) is 14.9 Å². The summed E-state index contributed by atoms with van der Waals surface area (Å²) in [4.78, 5) is 18.7. The Labute approximate surface area is 236 Å². The summed E-state index contributed by atoms with van der Waals surface area (Å²) in [7, 11) is -4.23. The predicted molar refractivity (Wildman–Crippen MR) is 155 cm³/mol. The molecule has 1 amide bonds. The average Bonchev–Trinajstić information content (AvgIpc) is 3.64. The number of rotatable bonds is 7. The van der Waals surface area contributed by atoms with Gasteiger partial charge in [-0.3, -0.25) is 9.89 Å². The van der Waals surface area contributed by atoms with Crippen LogP contribution in [0.25, 0.3) is 33.3 Å². The average molecular weight is 567 g/mol. The van der Waals surface area contributed by atoms with Crippen LogP contribution in [0, 0.1) is 13.8 Å². The van der Waals surface area contributed by atoms with Gasteiger partial charge < -0.3 is 9.15 Å². The smallest absolute Gasteiger partial charge is 0.281 e. The summed E-state index contributed by atoms with van der Waals surface area (Å²) in [6.07, 6.45) is 0.938. The van der Waals surface area contributed by atoms with Crippen LogP contribution in [0.4, 0.5) is 0 Å². The molecule has 0 aliphatic carbocycles. The molecule has 0 fully saturated rings. The number of para-hydroxylation sites is 1. The van der Waals surface area contributed by atoms with Gasteiger partial charge in [0.2, 0.25) is 0 Å². The van der Waals surface area contributed by atoms with Crippen LogP contribution in [0.5, 0.6) is 5.75 Å². The normalized spacial score (nSPS) is 12.5. The largest absolute Gasteiger partial charge is 0.485 e. The van der Waals surface area contributed by atoms with Crippen molar-refractivity contribution in [3.63, 3.8) is 0 Å². The Hall–Kier alpha value is -4.96. The molecule has 0 saturated carbocycles. The lowest BCUT2D eigenvalue weighted by Crippen LogP contribution is -2.31. The predicted octanol–water partition coefficient (Wildman–Crippen LogP) is 6.25. The third-order valence-electron chi connectivity index (χ3n) is 7.01. The first-order valence-electron chi connectivity index (χ1n) is 12.9. The van der Waals surface area contributed by atoms with Crippen LogP contribution < -0.4 is 9.46 Å². The van der Waals surface area contributed by atoms with Gasteiger partial charge in [-0.25, -0.2) is 9.71 Å². The molecule has 206 valence electrons. The lowest BCUT2D eigenvalue weighted by atomic mass is 10.0. The summed E-state index contributed by atoms with van der Waals surface area (Å²) < 4.78 is 40.7. The summed E-state index contributed by atoms with van der Waals surface area (Å²) in [5.41, 5.74) is 4.21. The molecule has 6 aromatic rings. The molecule has 2 N–H and O–H groups in total. The molecular formula is C31H26N4O5S. The third-order valence-corrected chi connectivity index (χ3v) is 8.27. The molecule has 10 heteroatoms. The molecule has 0 bridgehead atoms. The van der Waals surface area contributed by atoms with Gasteiger partial charge in [-0.2, -0.15) is 13.5 Å². The second-order valence-corrected chi connectivity index (χ2v) is 11.4. The number of furan rings is 1. The van der Waals surface area contributed by atoms with Crippen molar-refractivity contribution in [1.82, 2.24) is 19.9 Å². The highest BCUT2D eigenvalue weighted by atomic mass is 32.2. The maximum Gasteiger partial charge on any atom is 0.281 e. The van der Waals surface area contributed by atoms with E-state index in [1.807, 2.05) is 81.4 Å². The molecule has 3 heterocycles. The number of fused-ring (bicyclic) bond motifs is 2. The molecule has 0 saturated heterocycles. The van der Waals surface area contributed by atoms with Crippen LogP contribution in [0.1, 0.15) is 40.1 Å². The van der Waals surface area contributed by atoms with E-state index in [0.29, 0.717) is 33.7 Å². The first kappa shape index (κ1) is 26.3. The van der Waals surface area contributed by atoms with Gasteiger partial charge >= 0.3 is 0 Å². The quantitative estimate of drug-likeness (QED) is 0.234. The minimum absolute atomic E-state index is 0.0758. The van der Waals surface area contributed by atoms with Crippen molar-refractivity contribution < 1.29 is 22.4 Å². The van der Waals surface area contributed by atoms with Crippen LogP contribution in [0.15, 0.2) is 94.5 Å². The lowest BCUT2D eigenvalue weighted by molar-refractivity contribution is 0.0982. The Kier molecular flexibility index (Phi) is 6.55. The van der Waals surface area contributed by atoms with E-state index in [-0.39, 0.29) is 16.7 Å². The number of nitrogens with one attached hydrogen (secondary N) is 2. The van der Waals surface area contributed by atoms with Gasteiger partial charge in [-0.1, -0.05) is 54.6 Å². The zero-order chi connectivity index (χ0) is 28.7. The van der Waals surface area contributed by atoms with Gasteiger partial charge in [0.05, 0.1) is 22.7 Å². The number of amides is 1. The first-order chi connectivity index (χ1) is 19.7. The number of H-pyrrole nitrogens is 1. The number of aromatic nitrogens is 3. The van der Waals surface area contributed by atoms with Crippen molar-refractivity contribution in [2.24, 2.45) is 0 Å². The number of hydrogen-bond donors (Lipinski definition) is 2. The SMILES string of the molecule is Cc1c(-c2cc(C(=O)NS(=O)(=O)c3ccn[nH]3)c3c(O[C@H](C)c4ccccc4)ccc(C)c3n2)oc2ccccc12. The molecule has 41 heavy (non-hydrogen) atoms. The summed E-state index contributed by atoms with van der Waals surface area (Å²) in [5.74, 6) is 0.0400. The number of carbonyl (C=O) groups is 1. The number of pyridine rings is 1. The van der Waals surface area contributed by atoms with E-state index in [1.165, 1.54) is 12.3 Å². The van der Waals surface area contributed by atoms with Crippen molar-refractivity contribution >= 4 is 37.8 Å². The number of aryl methyl sites for hydroxylation is 2. The Balaban J connectivity index is 1.55. The van der Waals surface area contributed by atoms with Gasteiger partial charge in [0.1, 0.15) is 23.1 Å². The maximum atomic E-state index is 13.8. The molecule has 0 spiro atoms. The Bertz CT molecular complexity index is 2020. The van der Waals surface area contributed by atoms with Crippen molar-refractivity contribution in [3.8, 4) is 17.2 Å². The number of carbonyl (C=O) groups excluding carboxylic acids is 1. The number of hydrogen-bond acceptors (Lipinski definition) is 7. The standard InChI is InChI=1S/C31H26N4O5S/c1-18-13-14-26(39-20(3)21-9-5-4-6-10-21)28-23(31(36)35-41(37,38)27-15-16-32-34-27)17-24(33-29(18)28)30-19(2)22-11-7-8-12-25(22)40-30/h4-17,20H,1-3H3,(H,32,34)(H,35,36)/t20-/m1/s1. The van der Waals surface area contributed by atoms with Gasteiger partial charge in [0.15, 0.2) is 10.8 Å². The first-order valence-corrected chi connectivity index (χ1v) is 14.4. The fourth-order valence-electron chi connectivity index (χ4n) is 4.86. The molecule has 0 aliphatic heterocycles. The van der Waals surface area contributed by atoms with Gasteiger partial charge in [-0.05, 0) is 56.2 Å². The molecule has 0 radical (unpaired) electrons. The zero-order valence-electron chi connectivity index (χ0n) is 22.5. The minimum atomic E-state index is -4.23. The van der Waals surface area contributed by atoms with Crippen molar-refractivity contribution in [2.75, 3.05) is 0 Å². The van der Waals surface area contributed by atoms with Crippen molar-refractivity contribution in [1.29, 1.82) is 0 Å². The molecule has 0 unspecified atom stereocenters. The summed E-state index contributed by atoms with van der Waals surface area (Å²) in [5, 5.41) is 7.16. The molecule has 3 aromatic carbocycles. The minimum Gasteiger partial charge on any atom is -0.485 e. The topological polar surface area (TPSA) is 127 Å². The van der Waals surface area contributed by atoms with Crippen LogP contribution in [0.3, 0.4) is 0 Å². The molecule has 3 aromatic heterocycles. The van der Waals surface area contributed by atoms with Crippen molar-refractivity contribution in [3.05, 3.63) is 107 Å². The van der Waals surface area contributed by atoms with Gasteiger partial charge in [0, 0.05) is 10.9 Å². The molecule has 6 rings (SSSR count). The zero-order valence-corrected chi connectivity index (χ0v) is 23.3. The highest BCUT2D eigenvalue weighted by molar-refractivity contribution is 7.90.